The van der Waals surface area contributed by atoms with E-state index in [-0.39, 0.29) is 18.6 Å². The number of hydrogen-bond donors (Lipinski definition) is 2. The van der Waals surface area contributed by atoms with Crippen LogP contribution in [0, 0.1) is 0 Å². The van der Waals surface area contributed by atoms with Crippen LogP contribution in [0.3, 0.4) is 0 Å². The van der Waals surface area contributed by atoms with Crippen molar-refractivity contribution < 1.29 is 9.53 Å². The summed E-state index contributed by atoms with van der Waals surface area (Å²) in [5.74, 6) is 0.445. The monoisotopic (exact) mass is 285 g/mol. The highest BCUT2D eigenvalue weighted by Gasteiger charge is 2.11. The Morgan fingerprint density at radius 3 is 2.76 bits per heavy atom. The Morgan fingerprint density at radius 1 is 1.29 bits per heavy atom. The van der Waals surface area contributed by atoms with E-state index < -0.39 is 0 Å². The molecule has 0 saturated carbocycles. The van der Waals surface area contributed by atoms with E-state index in [1.54, 1.807) is 12.3 Å². The summed E-state index contributed by atoms with van der Waals surface area (Å²) in [6, 6.07) is 12.9. The van der Waals surface area contributed by atoms with Gasteiger partial charge in [-0.3, -0.25) is 9.78 Å². The molecule has 1 unspecified atom stereocenters. The van der Waals surface area contributed by atoms with Gasteiger partial charge in [-0.1, -0.05) is 24.3 Å². The predicted octanol–water partition coefficient (Wildman–Crippen LogP) is 1.80. The number of rotatable bonds is 6. The molecule has 0 radical (unpaired) electrons. The van der Waals surface area contributed by atoms with Crippen LogP contribution in [0.15, 0.2) is 48.7 Å². The number of amides is 1. The average molecular weight is 285 g/mol. The number of hydrogen-bond acceptors (Lipinski definition) is 4. The fraction of sp³-hybridized carbons (Fsp3) is 0.250. The van der Waals surface area contributed by atoms with Crippen molar-refractivity contribution in [1.82, 2.24) is 10.3 Å². The first-order valence-corrected chi connectivity index (χ1v) is 6.81. The van der Waals surface area contributed by atoms with E-state index in [0.717, 1.165) is 11.3 Å². The van der Waals surface area contributed by atoms with E-state index >= 15 is 0 Å². The van der Waals surface area contributed by atoms with E-state index in [1.165, 1.54) is 0 Å². The Balaban J connectivity index is 1.88. The minimum absolute atomic E-state index is 0.0474. The van der Waals surface area contributed by atoms with Crippen molar-refractivity contribution in [2.24, 2.45) is 5.73 Å². The SMILES string of the molecule is CC(NC(=O)COc1ccccc1CN)c1ccccn1. The summed E-state index contributed by atoms with van der Waals surface area (Å²) in [4.78, 5) is 16.1. The lowest BCUT2D eigenvalue weighted by Crippen LogP contribution is -2.31. The Hall–Kier alpha value is -2.40. The summed E-state index contributed by atoms with van der Waals surface area (Å²) in [5, 5.41) is 2.85. The highest BCUT2D eigenvalue weighted by atomic mass is 16.5. The van der Waals surface area contributed by atoms with Gasteiger partial charge in [-0.15, -0.1) is 0 Å². The number of carbonyl (C=O) groups excluding carboxylic acids is 1. The molecule has 1 heterocycles. The zero-order valence-electron chi connectivity index (χ0n) is 12.0. The molecule has 2 rings (SSSR count). The van der Waals surface area contributed by atoms with Crippen molar-refractivity contribution in [2.45, 2.75) is 19.5 Å². The largest absolute Gasteiger partial charge is 0.483 e. The van der Waals surface area contributed by atoms with Gasteiger partial charge in [0.25, 0.3) is 5.91 Å². The van der Waals surface area contributed by atoms with Gasteiger partial charge in [-0.2, -0.15) is 0 Å². The summed E-state index contributed by atoms with van der Waals surface area (Å²) in [5.41, 5.74) is 7.32. The molecule has 0 aliphatic rings. The maximum Gasteiger partial charge on any atom is 0.258 e. The quantitative estimate of drug-likeness (QED) is 0.848. The first-order valence-electron chi connectivity index (χ1n) is 6.81. The zero-order chi connectivity index (χ0) is 15.1. The Labute approximate surface area is 124 Å². The number of carbonyl (C=O) groups is 1. The molecule has 1 atom stereocenters. The second-order valence-electron chi connectivity index (χ2n) is 4.64. The van der Waals surface area contributed by atoms with Gasteiger partial charge in [0.2, 0.25) is 0 Å². The van der Waals surface area contributed by atoms with E-state index in [9.17, 15) is 4.79 Å². The summed E-state index contributed by atoms with van der Waals surface area (Å²) in [6.45, 7) is 2.21. The lowest BCUT2D eigenvalue weighted by atomic mass is 10.2. The van der Waals surface area contributed by atoms with Gasteiger partial charge in [-0.05, 0) is 25.1 Å². The molecule has 3 N–H and O–H groups in total. The molecule has 2 aromatic rings. The van der Waals surface area contributed by atoms with Gasteiger partial charge in [0.1, 0.15) is 5.75 Å². The number of para-hydroxylation sites is 1. The molecule has 5 heteroatoms. The van der Waals surface area contributed by atoms with Crippen LogP contribution in [0.1, 0.15) is 24.2 Å². The summed E-state index contributed by atoms with van der Waals surface area (Å²) in [7, 11) is 0. The summed E-state index contributed by atoms with van der Waals surface area (Å²) < 4.78 is 5.51. The normalized spacial score (nSPS) is 11.7. The van der Waals surface area contributed by atoms with Crippen molar-refractivity contribution in [1.29, 1.82) is 0 Å². The van der Waals surface area contributed by atoms with Gasteiger partial charge < -0.3 is 15.8 Å². The van der Waals surface area contributed by atoms with Gasteiger partial charge >= 0.3 is 0 Å². The van der Waals surface area contributed by atoms with Crippen LogP contribution in [0.2, 0.25) is 0 Å². The van der Waals surface area contributed by atoms with E-state index in [0.29, 0.717) is 12.3 Å². The Morgan fingerprint density at radius 2 is 2.05 bits per heavy atom. The Bertz CT molecular complexity index is 587. The number of benzene rings is 1. The van der Waals surface area contributed by atoms with Gasteiger partial charge in [-0.25, -0.2) is 0 Å². The zero-order valence-corrected chi connectivity index (χ0v) is 12.0. The van der Waals surface area contributed by atoms with Crippen LogP contribution in [0.25, 0.3) is 0 Å². The van der Waals surface area contributed by atoms with Crippen LogP contribution in [0.4, 0.5) is 0 Å². The average Bonchev–Trinajstić information content (AvgIpc) is 2.54. The number of aromatic nitrogens is 1. The molecular formula is C16H19N3O2. The first kappa shape index (κ1) is 15.0. The number of pyridine rings is 1. The number of ether oxygens (including phenoxy) is 1. The molecule has 110 valence electrons. The van der Waals surface area contributed by atoms with Crippen molar-refractivity contribution >= 4 is 5.91 Å². The van der Waals surface area contributed by atoms with Gasteiger partial charge in [0.15, 0.2) is 6.61 Å². The third-order valence-corrected chi connectivity index (χ3v) is 3.06. The predicted molar refractivity (Wildman–Crippen MR) is 80.6 cm³/mol. The standard InChI is InChI=1S/C16H19N3O2/c1-12(14-7-4-5-9-18-14)19-16(20)11-21-15-8-3-2-6-13(15)10-17/h2-9,12H,10-11,17H2,1H3,(H,19,20). The van der Waals surface area contributed by atoms with E-state index in [4.69, 9.17) is 10.5 Å². The molecule has 0 bridgehead atoms. The molecule has 0 saturated heterocycles. The van der Waals surface area contributed by atoms with Crippen LogP contribution < -0.4 is 15.8 Å². The van der Waals surface area contributed by atoms with Crippen molar-refractivity contribution in [3.8, 4) is 5.75 Å². The van der Waals surface area contributed by atoms with Crippen LogP contribution in [-0.2, 0) is 11.3 Å². The molecule has 21 heavy (non-hydrogen) atoms. The van der Waals surface area contributed by atoms with Crippen molar-refractivity contribution in [3.63, 3.8) is 0 Å². The number of nitrogens with one attached hydrogen (secondary N) is 1. The topological polar surface area (TPSA) is 77.2 Å². The molecule has 1 aromatic carbocycles. The second kappa shape index (κ2) is 7.40. The highest BCUT2D eigenvalue weighted by Crippen LogP contribution is 2.17. The van der Waals surface area contributed by atoms with Crippen LogP contribution in [0.5, 0.6) is 5.75 Å². The van der Waals surface area contributed by atoms with Crippen LogP contribution in [-0.4, -0.2) is 17.5 Å². The molecule has 0 aliphatic heterocycles. The lowest BCUT2D eigenvalue weighted by molar-refractivity contribution is -0.123. The van der Waals surface area contributed by atoms with Gasteiger partial charge in [0.05, 0.1) is 11.7 Å². The summed E-state index contributed by atoms with van der Waals surface area (Å²) >= 11 is 0. The first-order chi connectivity index (χ1) is 10.2. The minimum Gasteiger partial charge on any atom is -0.483 e. The fourth-order valence-electron chi connectivity index (χ4n) is 1.95. The molecule has 5 nitrogen and oxygen atoms in total. The molecule has 0 spiro atoms. The van der Waals surface area contributed by atoms with E-state index in [1.807, 2.05) is 43.3 Å². The summed E-state index contributed by atoms with van der Waals surface area (Å²) in [6.07, 6.45) is 1.70. The van der Waals surface area contributed by atoms with Crippen LogP contribution >= 0.6 is 0 Å². The fourth-order valence-corrected chi connectivity index (χ4v) is 1.95. The third kappa shape index (κ3) is 4.29. The third-order valence-electron chi connectivity index (χ3n) is 3.06. The van der Waals surface area contributed by atoms with E-state index in [2.05, 4.69) is 10.3 Å². The highest BCUT2D eigenvalue weighted by molar-refractivity contribution is 5.78. The van der Waals surface area contributed by atoms with Gasteiger partial charge in [0, 0.05) is 18.3 Å². The molecule has 1 amide bonds. The number of nitrogens with two attached hydrogens (primary N) is 1. The molecule has 1 aromatic heterocycles. The lowest BCUT2D eigenvalue weighted by Gasteiger charge is -2.14. The smallest absolute Gasteiger partial charge is 0.258 e. The maximum absolute atomic E-state index is 11.9. The Kier molecular flexibility index (Phi) is 5.29. The molecular weight excluding hydrogens is 266 g/mol. The molecule has 0 aliphatic carbocycles. The molecule has 0 fully saturated rings. The van der Waals surface area contributed by atoms with Crippen molar-refractivity contribution in [2.75, 3.05) is 6.61 Å². The minimum atomic E-state index is -0.194. The second-order valence-corrected chi connectivity index (χ2v) is 4.64. The van der Waals surface area contributed by atoms with Crippen molar-refractivity contribution in [3.05, 3.63) is 59.9 Å². The number of nitrogens with zero attached hydrogens (tertiary/aromatic N) is 1. The maximum atomic E-state index is 11.9.